The van der Waals surface area contributed by atoms with Crippen LogP contribution in [0, 0.1) is 28.3 Å². The van der Waals surface area contributed by atoms with Crippen LogP contribution >= 0.6 is 0 Å². The smallest absolute Gasteiger partial charge is 0.313 e. The average Bonchev–Trinajstić information content (AvgIpc) is 2.20. The molecule has 0 spiro atoms. The van der Waals surface area contributed by atoms with Crippen molar-refractivity contribution >= 4 is 5.69 Å². The van der Waals surface area contributed by atoms with Gasteiger partial charge in [-0.2, -0.15) is 0 Å². The number of nitro benzene ring substituents is 1. The molecule has 0 bridgehead atoms. The monoisotopic (exact) mass is 209 g/mol. The number of nitrogens with zero attached hydrogens (tertiary/aromatic N) is 1. The van der Waals surface area contributed by atoms with Crippen molar-refractivity contribution in [1.29, 1.82) is 0 Å². The topological polar surface area (TPSA) is 52.4 Å². The predicted octanol–water partition coefficient (Wildman–Crippen LogP) is 2.14. The highest BCUT2D eigenvalue weighted by atomic mass is 19.1. The molecule has 0 atom stereocenters. The van der Waals surface area contributed by atoms with Crippen molar-refractivity contribution in [2.45, 2.75) is 6.42 Å². The van der Waals surface area contributed by atoms with Crippen LogP contribution in [0.25, 0.3) is 0 Å². The lowest BCUT2D eigenvalue weighted by Gasteiger charge is -2.04. The van der Waals surface area contributed by atoms with E-state index in [2.05, 4.69) is 5.92 Å². The molecule has 4 nitrogen and oxygen atoms in total. The number of hydrogen-bond acceptors (Lipinski definition) is 3. The number of ether oxygens (including phenoxy) is 1. The Balaban J connectivity index is 2.87. The number of rotatable bonds is 4. The second-order valence-electron chi connectivity index (χ2n) is 2.67. The molecule has 78 valence electrons. The molecular formula is C10H8FNO3. The Bertz CT molecular complexity index is 412. The number of benzene rings is 1. The second kappa shape index (κ2) is 4.96. The van der Waals surface area contributed by atoms with Gasteiger partial charge < -0.3 is 4.74 Å². The van der Waals surface area contributed by atoms with Gasteiger partial charge in [-0.3, -0.25) is 10.1 Å². The van der Waals surface area contributed by atoms with Crippen molar-refractivity contribution in [3.8, 4) is 18.1 Å². The van der Waals surface area contributed by atoms with Gasteiger partial charge in [-0.05, 0) is 12.1 Å². The minimum absolute atomic E-state index is 0.0247. The molecule has 0 N–H and O–H groups in total. The summed E-state index contributed by atoms with van der Waals surface area (Å²) in [4.78, 5) is 9.83. The highest BCUT2D eigenvalue weighted by Crippen LogP contribution is 2.27. The van der Waals surface area contributed by atoms with Crippen LogP contribution in [0.3, 0.4) is 0 Å². The zero-order valence-corrected chi connectivity index (χ0v) is 7.77. The summed E-state index contributed by atoms with van der Waals surface area (Å²) >= 11 is 0. The summed E-state index contributed by atoms with van der Waals surface area (Å²) in [5.41, 5.74) is -0.396. The fraction of sp³-hybridized carbons (Fsp3) is 0.200. The van der Waals surface area contributed by atoms with Gasteiger partial charge in [-0.25, -0.2) is 4.39 Å². The summed E-state index contributed by atoms with van der Waals surface area (Å²) in [5, 5.41) is 10.5. The molecular weight excluding hydrogens is 201 g/mol. The van der Waals surface area contributed by atoms with Crippen molar-refractivity contribution in [3.63, 3.8) is 0 Å². The van der Waals surface area contributed by atoms with E-state index in [1.54, 1.807) is 0 Å². The third-order valence-electron chi connectivity index (χ3n) is 1.62. The van der Waals surface area contributed by atoms with E-state index in [9.17, 15) is 14.5 Å². The van der Waals surface area contributed by atoms with Crippen LogP contribution in [0.15, 0.2) is 18.2 Å². The van der Waals surface area contributed by atoms with Gasteiger partial charge in [0.05, 0.1) is 17.6 Å². The Morgan fingerprint density at radius 2 is 2.33 bits per heavy atom. The molecule has 0 radical (unpaired) electrons. The van der Waals surface area contributed by atoms with Gasteiger partial charge in [0.25, 0.3) is 0 Å². The molecule has 0 aromatic heterocycles. The molecule has 0 amide bonds. The molecule has 1 rings (SSSR count). The first-order valence-corrected chi connectivity index (χ1v) is 4.15. The molecule has 0 saturated carbocycles. The first kappa shape index (κ1) is 11.0. The standard InChI is InChI=1S/C10H8FNO3/c1-2-3-6-15-10-5-4-8(11)7-9(10)12(13)14/h1,4-5,7H,3,6H2. The van der Waals surface area contributed by atoms with E-state index in [0.29, 0.717) is 6.42 Å². The van der Waals surface area contributed by atoms with Crippen LogP contribution < -0.4 is 4.74 Å². The zero-order chi connectivity index (χ0) is 11.3. The lowest BCUT2D eigenvalue weighted by atomic mass is 10.3. The predicted molar refractivity (Wildman–Crippen MR) is 52.0 cm³/mol. The van der Waals surface area contributed by atoms with Crippen LogP contribution in [0.4, 0.5) is 10.1 Å². The Morgan fingerprint density at radius 3 is 2.93 bits per heavy atom. The molecule has 1 aromatic carbocycles. The van der Waals surface area contributed by atoms with Gasteiger partial charge in [0.15, 0.2) is 5.75 Å². The number of nitro groups is 1. The average molecular weight is 209 g/mol. The number of hydrogen-bond donors (Lipinski definition) is 0. The highest BCUT2D eigenvalue weighted by Gasteiger charge is 2.15. The van der Waals surface area contributed by atoms with Gasteiger partial charge >= 0.3 is 5.69 Å². The third kappa shape index (κ3) is 2.95. The van der Waals surface area contributed by atoms with E-state index in [1.165, 1.54) is 6.07 Å². The van der Waals surface area contributed by atoms with Crippen LogP contribution in [0.5, 0.6) is 5.75 Å². The molecule has 0 aliphatic carbocycles. The van der Waals surface area contributed by atoms with Gasteiger partial charge in [-0.15, -0.1) is 12.3 Å². The van der Waals surface area contributed by atoms with Crippen molar-refractivity contribution in [1.82, 2.24) is 0 Å². The fourth-order valence-corrected chi connectivity index (χ4v) is 0.975. The van der Waals surface area contributed by atoms with Crippen LogP contribution in [0.1, 0.15) is 6.42 Å². The van der Waals surface area contributed by atoms with Gasteiger partial charge in [0.2, 0.25) is 0 Å². The molecule has 0 aliphatic heterocycles. The summed E-state index contributed by atoms with van der Waals surface area (Å²) in [6, 6.07) is 3.12. The second-order valence-corrected chi connectivity index (χ2v) is 2.67. The molecule has 0 fully saturated rings. The lowest BCUT2D eigenvalue weighted by molar-refractivity contribution is -0.386. The fourth-order valence-electron chi connectivity index (χ4n) is 0.975. The summed E-state index contributed by atoms with van der Waals surface area (Å²) in [6.07, 6.45) is 5.33. The Morgan fingerprint density at radius 1 is 1.60 bits per heavy atom. The number of terminal acetylenes is 1. The van der Waals surface area contributed by atoms with E-state index >= 15 is 0 Å². The van der Waals surface area contributed by atoms with Crippen LogP contribution in [-0.4, -0.2) is 11.5 Å². The number of halogens is 1. The maximum Gasteiger partial charge on any atom is 0.313 e. The van der Waals surface area contributed by atoms with Crippen molar-refractivity contribution < 1.29 is 14.1 Å². The van der Waals surface area contributed by atoms with Crippen molar-refractivity contribution in [3.05, 3.63) is 34.1 Å². The van der Waals surface area contributed by atoms with Gasteiger partial charge in [0, 0.05) is 6.42 Å². The zero-order valence-electron chi connectivity index (χ0n) is 7.77. The van der Waals surface area contributed by atoms with Gasteiger partial charge in [0.1, 0.15) is 5.82 Å². The van der Waals surface area contributed by atoms with Crippen LogP contribution in [-0.2, 0) is 0 Å². The summed E-state index contributed by atoms with van der Waals surface area (Å²) in [7, 11) is 0. The van der Waals surface area contributed by atoms with E-state index in [0.717, 1.165) is 12.1 Å². The lowest BCUT2D eigenvalue weighted by Crippen LogP contribution is -2.00. The maximum absolute atomic E-state index is 12.7. The first-order chi connectivity index (χ1) is 7.15. The molecule has 5 heteroatoms. The van der Waals surface area contributed by atoms with E-state index in [-0.39, 0.29) is 12.4 Å². The highest BCUT2D eigenvalue weighted by molar-refractivity contribution is 5.46. The Kier molecular flexibility index (Phi) is 3.63. The summed E-state index contributed by atoms with van der Waals surface area (Å²) in [5.74, 6) is 1.68. The molecule has 0 heterocycles. The normalized spacial score (nSPS) is 9.33. The maximum atomic E-state index is 12.7. The molecule has 0 aliphatic rings. The summed E-state index contributed by atoms with van der Waals surface area (Å²) < 4.78 is 17.7. The Labute approximate surface area is 85.8 Å². The molecule has 0 saturated heterocycles. The SMILES string of the molecule is C#CCCOc1ccc(F)cc1[N+](=O)[O-]. The van der Waals surface area contributed by atoms with E-state index in [1.807, 2.05) is 0 Å². The largest absolute Gasteiger partial charge is 0.486 e. The summed E-state index contributed by atoms with van der Waals surface area (Å²) in [6.45, 7) is 0.170. The van der Waals surface area contributed by atoms with Gasteiger partial charge in [-0.1, -0.05) is 0 Å². The molecule has 1 aromatic rings. The molecule has 15 heavy (non-hydrogen) atoms. The van der Waals surface area contributed by atoms with Crippen molar-refractivity contribution in [2.24, 2.45) is 0 Å². The minimum atomic E-state index is -0.700. The van der Waals surface area contributed by atoms with E-state index in [4.69, 9.17) is 11.2 Å². The quantitative estimate of drug-likeness (QED) is 0.330. The van der Waals surface area contributed by atoms with Crippen LogP contribution in [0.2, 0.25) is 0 Å². The minimum Gasteiger partial charge on any atom is -0.486 e. The Hall–Kier alpha value is -2.09. The molecule has 0 unspecified atom stereocenters. The van der Waals surface area contributed by atoms with Crippen molar-refractivity contribution in [2.75, 3.05) is 6.61 Å². The van der Waals surface area contributed by atoms with E-state index < -0.39 is 16.4 Å². The third-order valence-corrected chi connectivity index (χ3v) is 1.62. The first-order valence-electron chi connectivity index (χ1n) is 4.15.